The fourth-order valence-electron chi connectivity index (χ4n) is 2.55. The van der Waals surface area contributed by atoms with Crippen molar-refractivity contribution in [3.8, 4) is 0 Å². The Morgan fingerprint density at radius 1 is 0.950 bits per heavy atom. The monoisotopic (exact) mass is 283 g/mol. The number of rotatable bonds is 0. The molecule has 0 saturated carbocycles. The third-order valence-corrected chi connectivity index (χ3v) is 3.73. The number of carbonyl (C=O) groups is 2. The molecule has 0 bridgehead atoms. The Kier molecular flexibility index (Phi) is 2.11. The molecule has 5 nitrogen and oxygen atoms in total. The van der Waals surface area contributed by atoms with E-state index in [0.29, 0.717) is 22.2 Å². The highest BCUT2D eigenvalue weighted by atomic mass is 35.5. The summed E-state index contributed by atoms with van der Waals surface area (Å²) in [5.74, 6) is -0.512. The number of halogens is 1. The quantitative estimate of drug-likeness (QED) is 0.537. The summed E-state index contributed by atoms with van der Waals surface area (Å²) in [6.07, 6.45) is 0. The largest absolute Gasteiger partial charge is 0.289 e. The number of hydrogen-bond donors (Lipinski definition) is 1. The molecule has 0 saturated heterocycles. The van der Waals surface area contributed by atoms with Gasteiger partial charge in [-0.2, -0.15) is 15.4 Å². The third-order valence-electron chi connectivity index (χ3n) is 3.43. The van der Waals surface area contributed by atoms with Crippen molar-refractivity contribution in [2.24, 2.45) is 0 Å². The molecule has 96 valence electrons. The molecule has 20 heavy (non-hydrogen) atoms. The van der Waals surface area contributed by atoms with Crippen molar-refractivity contribution in [3.63, 3.8) is 0 Å². The first-order valence-corrected chi connectivity index (χ1v) is 6.27. The smallest absolute Gasteiger partial charge is 0.196 e. The molecule has 1 heterocycles. The molecular weight excluding hydrogens is 278 g/mol. The lowest BCUT2D eigenvalue weighted by molar-refractivity contribution is 0.0980. The van der Waals surface area contributed by atoms with Gasteiger partial charge in [-0.3, -0.25) is 9.59 Å². The summed E-state index contributed by atoms with van der Waals surface area (Å²) in [5.41, 5.74) is 2.01. The van der Waals surface area contributed by atoms with Crippen molar-refractivity contribution in [2.45, 2.75) is 0 Å². The van der Waals surface area contributed by atoms with Crippen LogP contribution in [0.3, 0.4) is 0 Å². The molecule has 2 aromatic carbocycles. The van der Waals surface area contributed by atoms with Gasteiger partial charge in [0, 0.05) is 11.1 Å². The van der Waals surface area contributed by atoms with Gasteiger partial charge in [0.05, 0.1) is 16.1 Å². The number of aromatic amines is 1. The van der Waals surface area contributed by atoms with Gasteiger partial charge in [0.25, 0.3) is 0 Å². The number of ketones is 2. The molecule has 3 aromatic rings. The van der Waals surface area contributed by atoms with Crippen LogP contribution in [0.15, 0.2) is 30.3 Å². The van der Waals surface area contributed by atoms with Gasteiger partial charge < -0.3 is 0 Å². The summed E-state index contributed by atoms with van der Waals surface area (Å²) in [5, 5.41) is 10.6. The van der Waals surface area contributed by atoms with E-state index >= 15 is 0 Å². The Labute approximate surface area is 117 Å². The molecule has 0 unspecified atom stereocenters. The number of aromatic nitrogens is 3. The zero-order valence-corrected chi connectivity index (χ0v) is 10.7. The minimum absolute atomic E-state index is 0.205. The maximum absolute atomic E-state index is 12.6. The van der Waals surface area contributed by atoms with Crippen LogP contribution < -0.4 is 0 Å². The topological polar surface area (TPSA) is 75.7 Å². The number of hydrogen-bond acceptors (Lipinski definition) is 4. The van der Waals surface area contributed by atoms with Crippen molar-refractivity contribution in [2.75, 3.05) is 0 Å². The van der Waals surface area contributed by atoms with Crippen LogP contribution >= 0.6 is 11.6 Å². The maximum atomic E-state index is 12.6. The third kappa shape index (κ3) is 1.27. The van der Waals surface area contributed by atoms with Crippen LogP contribution in [0.5, 0.6) is 0 Å². The van der Waals surface area contributed by atoms with Gasteiger partial charge in [0.15, 0.2) is 11.6 Å². The van der Waals surface area contributed by atoms with E-state index in [-0.39, 0.29) is 27.7 Å². The highest BCUT2D eigenvalue weighted by molar-refractivity contribution is 6.41. The van der Waals surface area contributed by atoms with Crippen LogP contribution in [0.4, 0.5) is 0 Å². The minimum Gasteiger partial charge on any atom is -0.289 e. The molecule has 6 heteroatoms. The second-order valence-electron chi connectivity index (χ2n) is 4.50. The van der Waals surface area contributed by atoms with E-state index in [2.05, 4.69) is 15.4 Å². The normalized spacial score (nSPS) is 13.4. The van der Waals surface area contributed by atoms with Gasteiger partial charge in [-0.1, -0.05) is 35.9 Å². The summed E-state index contributed by atoms with van der Waals surface area (Å²) in [6.45, 7) is 0. The highest BCUT2D eigenvalue weighted by Gasteiger charge is 2.34. The van der Waals surface area contributed by atoms with E-state index < -0.39 is 0 Å². The van der Waals surface area contributed by atoms with Crippen LogP contribution in [0.2, 0.25) is 5.02 Å². The summed E-state index contributed by atoms with van der Waals surface area (Å²) < 4.78 is 0. The number of benzene rings is 2. The van der Waals surface area contributed by atoms with Crippen LogP contribution in [0.1, 0.15) is 31.8 Å². The molecule has 0 aliphatic heterocycles. The molecular formula is C14H6ClN3O2. The van der Waals surface area contributed by atoms with E-state index in [0.717, 1.165) is 0 Å². The second kappa shape index (κ2) is 3.74. The highest BCUT2D eigenvalue weighted by Crippen LogP contribution is 2.35. The fraction of sp³-hybridized carbons (Fsp3) is 0. The molecule has 1 N–H and O–H groups in total. The first-order chi connectivity index (χ1) is 9.68. The van der Waals surface area contributed by atoms with Crippen LogP contribution in [0, 0.1) is 0 Å². The first kappa shape index (κ1) is 11.3. The van der Waals surface area contributed by atoms with Crippen LogP contribution in [-0.4, -0.2) is 27.0 Å². The Balaban J connectivity index is 2.18. The Morgan fingerprint density at radius 2 is 1.60 bits per heavy atom. The van der Waals surface area contributed by atoms with Crippen LogP contribution in [0.25, 0.3) is 11.0 Å². The Bertz CT molecular complexity index is 914. The van der Waals surface area contributed by atoms with Crippen LogP contribution in [-0.2, 0) is 0 Å². The predicted octanol–water partition coefficient (Wildman–Crippen LogP) is 2.39. The average Bonchev–Trinajstić information content (AvgIpc) is 2.91. The van der Waals surface area contributed by atoms with Crippen molar-refractivity contribution < 1.29 is 9.59 Å². The number of H-pyrrole nitrogens is 1. The summed E-state index contributed by atoms with van der Waals surface area (Å²) in [7, 11) is 0. The van der Waals surface area contributed by atoms with Gasteiger partial charge in [-0.25, -0.2) is 0 Å². The number of nitrogens with one attached hydrogen (secondary N) is 1. The molecule has 0 radical (unpaired) electrons. The summed E-state index contributed by atoms with van der Waals surface area (Å²) in [6, 6.07) is 8.24. The van der Waals surface area contributed by atoms with Gasteiger partial charge in [0.2, 0.25) is 0 Å². The number of nitrogens with zero attached hydrogens (tertiary/aromatic N) is 2. The van der Waals surface area contributed by atoms with Gasteiger partial charge >= 0.3 is 0 Å². The van der Waals surface area contributed by atoms with E-state index in [1.54, 1.807) is 30.3 Å². The van der Waals surface area contributed by atoms with E-state index in [1.807, 2.05) is 0 Å². The molecule has 1 aliphatic carbocycles. The molecule has 1 aromatic heterocycles. The minimum atomic E-state index is -0.259. The Hall–Kier alpha value is -2.53. The van der Waals surface area contributed by atoms with Crippen molar-refractivity contribution >= 4 is 34.2 Å². The number of fused-ring (bicyclic) bond motifs is 4. The van der Waals surface area contributed by atoms with E-state index in [1.165, 1.54) is 0 Å². The van der Waals surface area contributed by atoms with Gasteiger partial charge in [-0.15, -0.1) is 0 Å². The first-order valence-electron chi connectivity index (χ1n) is 5.90. The summed E-state index contributed by atoms with van der Waals surface area (Å²) in [4.78, 5) is 25.2. The number of carbonyl (C=O) groups excluding carboxylic acids is 2. The second-order valence-corrected chi connectivity index (χ2v) is 4.91. The lowest BCUT2D eigenvalue weighted by Gasteiger charge is -2.18. The van der Waals surface area contributed by atoms with Crippen molar-refractivity contribution in [3.05, 3.63) is 57.6 Å². The Morgan fingerprint density at radius 3 is 2.30 bits per heavy atom. The van der Waals surface area contributed by atoms with E-state index in [4.69, 9.17) is 11.6 Å². The average molecular weight is 284 g/mol. The standard InChI is InChI=1S/C14H6ClN3O2/c15-8-5-9-12(17-18-16-9)11-10(8)13(19)6-3-1-2-4-7(6)14(11)20/h1-5H,(H,16,17,18). The zero-order valence-electron chi connectivity index (χ0n) is 9.98. The maximum Gasteiger partial charge on any atom is 0.196 e. The molecule has 0 atom stereocenters. The van der Waals surface area contributed by atoms with E-state index in [9.17, 15) is 9.59 Å². The molecule has 1 aliphatic rings. The lowest BCUT2D eigenvalue weighted by atomic mass is 9.83. The molecule has 0 fully saturated rings. The van der Waals surface area contributed by atoms with Crippen molar-refractivity contribution in [1.82, 2.24) is 15.4 Å². The summed E-state index contributed by atoms with van der Waals surface area (Å²) >= 11 is 6.15. The fourth-order valence-corrected chi connectivity index (χ4v) is 2.83. The lowest BCUT2D eigenvalue weighted by Crippen LogP contribution is -2.21. The molecule has 0 spiro atoms. The SMILES string of the molecule is O=C1c2ccccc2C(=O)c2c1c(Cl)cc1n[nH]nc21. The van der Waals surface area contributed by atoms with Crippen molar-refractivity contribution in [1.29, 1.82) is 0 Å². The molecule has 4 rings (SSSR count). The van der Waals surface area contributed by atoms with Gasteiger partial charge in [-0.05, 0) is 6.07 Å². The predicted molar refractivity (Wildman–Crippen MR) is 72.2 cm³/mol. The zero-order chi connectivity index (χ0) is 13.9. The molecule has 0 amide bonds. The van der Waals surface area contributed by atoms with Gasteiger partial charge in [0.1, 0.15) is 11.0 Å².